The third kappa shape index (κ3) is 4.53. The van der Waals surface area contributed by atoms with Crippen molar-refractivity contribution >= 4 is 5.91 Å². The van der Waals surface area contributed by atoms with E-state index in [2.05, 4.69) is 36.2 Å². The zero-order valence-electron chi connectivity index (χ0n) is 15.9. The van der Waals surface area contributed by atoms with Crippen LogP contribution in [-0.2, 0) is 12.0 Å². The molecule has 0 unspecified atom stereocenters. The molecule has 0 spiro atoms. The lowest BCUT2D eigenvalue weighted by molar-refractivity contribution is 0.0946. The molecule has 6 heteroatoms. The summed E-state index contributed by atoms with van der Waals surface area (Å²) in [6.45, 7) is 6.58. The second-order valence-corrected chi connectivity index (χ2v) is 7.25. The molecule has 0 aliphatic heterocycles. The van der Waals surface area contributed by atoms with E-state index < -0.39 is 0 Å². The highest BCUT2D eigenvalue weighted by Crippen LogP contribution is 2.22. The number of benzene rings is 2. The summed E-state index contributed by atoms with van der Waals surface area (Å²) >= 11 is 0. The van der Waals surface area contributed by atoms with E-state index in [1.807, 2.05) is 48.5 Å². The summed E-state index contributed by atoms with van der Waals surface area (Å²) in [6.07, 6.45) is 0. The number of nitrogens with one attached hydrogen (secondary N) is 1. The van der Waals surface area contributed by atoms with Crippen LogP contribution in [0.2, 0.25) is 0 Å². The molecule has 0 atom stereocenters. The van der Waals surface area contributed by atoms with Crippen molar-refractivity contribution in [2.24, 2.45) is 0 Å². The van der Waals surface area contributed by atoms with Crippen LogP contribution in [0.15, 0.2) is 53.1 Å². The number of rotatable bonds is 5. The predicted octanol–water partition coefficient (Wildman–Crippen LogP) is 3.97. The highest BCUT2D eigenvalue weighted by atomic mass is 16.5. The first-order valence-electron chi connectivity index (χ1n) is 8.72. The fourth-order valence-corrected chi connectivity index (χ4v) is 2.56. The van der Waals surface area contributed by atoms with Crippen LogP contribution in [0.3, 0.4) is 0 Å². The monoisotopic (exact) mass is 365 g/mol. The summed E-state index contributed by atoms with van der Waals surface area (Å²) in [5.74, 6) is 1.39. The van der Waals surface area contributed by atoms with Crippen LogP contribution in [0.4, 0.5) is 0 Å². The molecule has 3 rings (SSSR count). The molecule has 0 bridgehead atoms. The number of nitrogens with zero attached hydrogens (tertiary/aromatic N) is 2. The number of carbonyl (C=O) groups is 1. The molecule has 140 valence electrons. The van der Waals surface area contributed by atoms with Crippen molar-refractivity contribution in [1.82, 2.24) is 15.5 Å². The molecule has 1 heterocycles. The minimum Gasteiger partial charge on any atom is -0.497 e. The fraction of sp³-hybridized carbons (Fsp3) is 0.286. The lowest BCUT2D eigenvalue weighted by Gasteiger charge is -2.18. The molecule has 0 saturated carbocycles. The zero-order valence-corrected chi connectivity index (χ0v) is 15.9. The van der Waals surface area contributed by atoms with Crippen LogP contribution in [0.5, 0.6) is 5.75 Å². The SMILES string of the molecule is COc1ccc(-c2noc(CNC(=O)c3ccc(C(C)(C)C)cc3)n2)cc1. The van der Waals surface area contributed by atoms with Gasteiger partial charge in [-0.05, 0) is 47.4 Å². The Morgan fingerprint density at radius 2 is 1.74 bits per heavy atom. The van der Waals surface area contributed by atoms with Gasteiger partial charge in [-0.25, -0.2) is 0 Å². The Labute approximate surface area is 158 Å². The zero-order chi connectivity index (χ0) is 19.4. The van der Waals surface area contributed by atoms with Crippen molar-refractivity contribution in [2.45, 2.75) is 32.7 Å². The minimum atomic E-state index is -0.181. The molecule has 1 amide bonds. The number of hydrogen-bond donors (Lipinski definition) is 1. The molecule has 0 aliphatic carbocycles. The van der Waals surface area contributed by atoms with Gasteiger partial charge in [-0.3, -0.25) is 4.79 Å². The van der Waals surface area contributed by atoms with Crippen LogP contribution < -0.4 is 10.1 Å². The van der Waals surface area contributed by atoms with Crippen LogP contribution in [0.25, 0.3) is 11.4 Å². The van der Waals surface area contributed by atoms with Gasteiger partial charge in [0.25, 0.3) is 5.91 Å². The number of methoxy groups -OCH3 is 1. The molecule has 1 N–H and O–H groups in total. The Kier molecular flexibility index (Phi) is 5.26. The Balaban J connectivity index is 1.61. The number of ether oxygens (including phenoxy) is 1. The highest BCUT2D eigenvalue weighted by Gasteiger charge is 2.15. The van der Waals surface area contributed by atoms with Gasteiger partial charge in [-0.15, -0.1) is 0 Å². The van der Waals surface area contributed by atoms with E-state index in [4.69, 9.17) is 9.26 Å². The summed E-state index contributed by atoms with van der Waals surface area (Å²) < 4.78 is 10.3. The Morgan fingerprint density at radius 3 is 2.33 bits per heavy atom. The minimum absolute atomic E-state index is 0.0522. The van der Waals surface area contributed by atoms with Crippen LogP contribution in [0, 0.1) is 0 Å². The number of aromatic nitrogens is 2. The smallest absolute Gasteiger partial charge is 0.251 e. The standard InChI is InChI=1S/C21H23N3O3/c1-21(2,3)16-9-5-15(6-10-16)20(25)22-13-18-23-19(24-27-18)14-7-11-17(26-4)12-8-14/h5-12H,13H2,1-4H3,(H,22,25). The second kappa shape index (κ2) is 7.61. The summed E-state index contributed by atoms with van der Waals surface area (Å²) in [6, 6.07) is 15.0. The van der Waals surface area contributed by atoms with Gasteiger partial charge in [-0.2, -0.15) is 4.98 Å². The van der Waals surface area contributed by atoms with Gasteiger partial charge in [0.1, 0.15) is 5.75 Å². The Bertz CT molecular complexity index is 907. The van der Waals surface area contributed by atoms with Gasteiger partial charge in [0, 0.05) is 11.1 Å². The van der Waals surface area contributed by atoms with E-state index in [9.17, 15) is 4.79 Å². The van der Waals surface area contributed by atoms with Crippen molar-refractivity contribution in [3.63, 3.8) is 0 Å². The Hall–Kier alpha value is -3.15. The molecule has 2 aromatic carbocycles. The maximum absolute atomic E-state index is 12.3. The van der Waals surface area contributed by atoms with Crippen molar-refractivity contribution < 1.29 is 14.1 Å². The first-order chi connectivity index (χ1) is 12.9. The van der Waals surface area contributed by atoms with Gasteiger partial charge >= 0.3 is 0 Å². The summed E-state index contributed by atoms with van der Waals surface area (Å²) in [5, 5.41) is 6.75. The first-order valence-corrected chi connectivity index (χ1v) is 8.72. The quantitative estimate of drug-likeness (QED) is 0.740. The molecular formula is C21H23N3O3. The Morgan fingerprint density at radius 1 is 1.07 bits per heavy atom. The van der Waals surface area contributed by atoms with Gasteiger partial charge in [-0.1, -0.05) is 38.1 Å². The van der Waals surface area contributed by atoms with Gasteiger partial charge in [0.15, 0.2) is 0 Å². The maximum Gasteiger partial charge on any atom is 0.251 e. The van der Waals surface area contributed by atoms with E-state index >= 15 is 0 Å². The molecular weight excluding hydrogens is 342 g/mol. The molecule has 1 aromatic heterocycles. The average molecular weight is 365 g/mol. The van der Waals surface area contributed by atoms with Gasteiger partial charge < -0.3 is 14.6 Å². The topological polar surface area (TPSA) is 77.3 Å². The molecule has 3 aromatic rings. The van der Waals surface area contributed by atoms with Gasteiger partial charge in [0.05, 0.1) is 13.7 Å². The van der Waals surface area contributed by atoms with Crippen molar-refractivity contribution in [3.8, 4) is 17.1 Å². The molecule has 0 fully saturated rings. The van der Waals surface area contributed by atoms with Crippen LogP contribution >= 0.6 is 0 Å². The van der Waals surface area contributed by atoms with E-state index in [0.717, 1.165) is 11.3 Å². The second-order valence-electron chi connectivity index (χ2n) is 7.25. The molecule has 6 nitrogen and oxygen atoms in total. The maximum atomic E-state index is 12.3. The fourth-order valence-electron chi connectivity index (χ4n) is 2.56. The van der Waals surface area contributed by atoms with E-state index in [1.165, 1.54) is 5.56 Å². The van der Waals surface area contributed by atoms with Crippen molar-refractivity contribution in [3.05, 3.63) is 65.5 Å². The molecule has 0 saturated heterocycles. The summed E-state index contributed by atoms with van der Waals surface area (Å²) in [4.78, 5) is 16.6. The molecule has 0 radical (unpaired) electrons. The van der Waals surface area contributed by atoms with Crippen molar-refractivity contribution in [2.75, 3.05) is 7.11 Å². The normalized spacial score (nSPS) is 11.3. The first kappa shape index (κ1) is 18.6. The lowest BCUT2D eigenvalue weighted by atomic mass is 9.87. The molecule has 27 heavy (non-hydrogen) atoms. The predicted molar refractivity (Wildman–Crippen MR) is 103 cm³/mol. The number of carbonyl (C=O) groups excluding carboxylic acids is 1. The number of hydrogen-bond acceptors (Lipinski definition) is 5. The van der Waals surface area contributed by atoms with Crippen LogP contribution in [-0.4, -0.2) is 23.2 Å². The highest BCUT2D eigenvalue weighted by molar-refractivity contribution is 5.94. The lowest BCUT2D eigenvalue weighted by Crippen LogP contribution is -2.23. The summed E-state index contributed by atoms with van der Waals surface area (Å²) in [5.41, 5.74) is 2.64. The summed E-state index contributed by atoms with van der Waals surface area (Å²) in [7, 11) is 1.61. The van der Waals surface area contributed by atoms with E-state index in [-0.39, 0.29) is 17.9 Å². The van der Waals surface area contributed by atoms with Crippen LogP contribution in [0.1, 0.15) is 42.6 Å². The average Bonchev–Trinajstić information content (AvgIpc) is 3.14. The number of amides is 1. The van der Waals surface area contributed by atoms with Gasteiger partial charge in [0.2, 0.25) is 11.7 Å². The third-order valence-electron chi connectivity index (χ3n) is 4.23. The third-order valence-corrected chi connectivity index (χ3v) is 4.23. The van der Waals surface area contributed by atoms with Crippen molar-refractivity contribution in [1.29, 1.82) is 0 Å². The molecule has 0 aliphatic rings. The largest absolute Gasteiger partial charge is 0.497 e. The van der Waals surface area contributed by atoms with E-state index in [0.29, 0.717) is 17.3 Å². The van der Waals surface area contributed by atoms with E-state index in [1.54, 1.807) is 7.11 Å².